The van der Waals surface area contributed by atoms with Gasteiger partial charge in [-0.25, -0.2) is 9.97 Å². The molecule has 1 fully saturated rings. The Morgan fingerprint density at radius 2 is 2.00 bits per heavy atom. The molecule has 1 aliphatic rings. The number of rotatable bonds is 3. The predicted molar refractivity (Wildman–Crippen MR) is 72.3 cm³/mol. The molecule has 100 valence electrons. The van der Waals surface area contributed by atoms with Crippen molar-refractivity contribution >= 4 is 5.95 Å². The molecule has 1 atom stereocenters. The minimum Gasteiger partial charge on any atom is -0.392 e. The zero-order valence-corrected chi connectivity index (χ0v) is 11.3. The molecule has 0 amide bonds. The lowest BCUT2D eigenvalue weighted by Crippen LogP contribution is -2.26. The Morgan fingerprint density at radius 1 is 1.28 bits per heavy atom. The third-order valence-electron chi connectivity index (χ3n) is 3.87. The van der Waals surface area contributed by atoms with E-state index >= 15 is 0 Å². The Morgan fingerprint density at radius 3 is 2.61 bits per heavy atom. The van der Waals surface area contributed by atoms with E-state index in [9.17, 15) is 0 Å². The highest BCUT2D eigenvalue weighted by molar-refractivity contribution is 5.29. The van der Waals surface area contributed by atoms with Crippen molar-refractivity contribution in [3.8, 4) is 0 Å². The Bertz CT molecular complexity index is 364. The molecule has 2 heterocycles. The van der Waals surface area contributed by atoms with E-state index in [-0.39, 0.29) is 6.61 Å². The maximum absolute atomic E-state index is 8.99. The molecule has 0 saturated carbocycles. The summed E-state index contributed by atoms with van der Waals surface area (Å²) in [5, 5.41) is 8.99. The highest BCUT2D eigenvalue weighted by Gasteiger charge is 2.20. The molecule has 1 aliphatic heterocycles. The van der Waals surface area contributed by atoms with Gasteiger partial charge in [0.2, 0.25) is 5.95 Å². The van der Waals surface area contributed by atoms with Gasteiger partial charge in [-0.15, -0.1) is 0 Å². The number of aromatic nitrogens is 2. The quantitative estimate of drug-likeness (QED) is 0.892. The minimum absolute atomic E-state index is 0.00963. The molecule has 0 radical (unpaired) electrons. The number of hydrogen-bond donors (Lipinski definition) is 1. The van der Waals surface area contributed by atoms with E-state index in [1.807, 2.05) is 0 Å². The highest BCUT2D eigenvalue weighted by Crippen LogP contribution is 2.25. The molecule has 4 nitrogen and oxygen atoms in total. The van der Waals surface area contributed by atoms with Crippen molar-refractivity contribution in [3.05, 3.63) is 18.0 Å². The molecular formula is C14H23N3O. The van der Waals surface area contributed by atoms with Crippen molar-refractivity contribution in [2.75, 3.05) is 18.0 Å². The van der Waals surface area contributed by atoms with Gasteiger partial charge < -0.3 is 10.0 Å². The van der Waals surface area contributed by atoms with E-state index in [2.05, 4.69) is 28.7 Å². The molecule has 4 heteroatoms. The lowest BCUT2D eigenvalue weighted by molar-refractivity contribution is 0.281. The van der Waals surface area contributed by atoms with E-state index in [1.165, 1.54) is 19.3 Å². The summed E-state index contributed by atoms with van der Waals surface area (Å²) in [6.45, 7) is 6.72. The van der Waals surface area contributed by atoms with E-state index in [0.29, 0.717) is 0 Å². The standard InChI is InChI=1S/C14H23N3O/c1-11(2)13-4-3-6-17(7-5-13)14-15-8-12(10-18)9-16-14/h8-9,11,13,18H,3-7,10H2,1-2H3. The third-order valence-corrected chi connectivity index (χ3v) is 3.87. The van der Waals surface area contributed by atoms with E-state index in [4.69, 9.17) is 5.11 Å². The van der Waals surface area contributed by atoms with Crippen molar-refractivity contribution in [3.63, 3.8) is 0 Å². The summed E-state index contributed by atoms with van der Waals surface area (Å²) in [6.07, 6.45) is 7.18. The lowest BCUT2D eigenvalue weighted by atomic mass is 9.89. The van der Waals surface area contributed by atoms with Crippen molar-refractivity contribution in [2.45, 2.75) is 39.7 Å². The van der Waals surface area contributed by atoms with Crippen LogP contribution in [0.1, 0.15) is 38.7 Å². The summed E-state index contributed by atoms with van der Waals surface area (Å²) in [4.78, 5) is 10.9. The van der Waals surface area contributed by atoms with Crippen LogP contribution in [-0.2, 0) is 6.61 Å². The molecular weight excluding hydrogens is 226 g/mol. The summed E-state index contributed by atoms with van der Waals surface area (Å²) in [7, 11) is 0. The monoisotopic (exact) mass is 249 g/mol. The van der Waals surface area contributed by atoms with Crippen LogP contribution >= 0.6 is 0 Å². The molecule has 1 N–H and O–H groups in total. The molecule has 1 saturated heterocycles. The Hall–Kier alpha value is -1.16. The van der Waals surface area contributed by atoms with Crippen molar-refractivity contribution < 1.29 is 5.11 Å². The molecule has 1 aromatic rings. The first-order valence-electron chi connectivity index (χ1n) is 6.87. The van der Waals surface area contributed by atoms with Crippen LogP contribution in [-0.4, -0.2) is 28.2 Å². The minimum atomic E-state index is 0.00963. The lowest BCUT2D eigenvalue weighted by Gasteiger charge is -2.21. The molecule has 0 aliphatic carbocycles. The summed E-state index contributed by atoms with van der Waals surface area (Å²) in [5.74, 6) is 2.39. The second kappa shape index (κ2) is 6.14. The van der Waals surface area contributed by atoms with E-state index in [1.54, 1.807) is 12.4 Å². The summed E-state index contributed by atoms with van der Waals surface area (Å²) in [5.41, 5.74) is 0.772. The number of hydrogen-bond acceptors (Lipinski definition) is 4. The van der Waals surface area contributed by atoms with Crippen LogP contribution in [0.15, 0.2) is 12.4 Å². The molecule has 2 rings (SSSR count). The van der Waals surface area contributed by atoms with Gasteiger partial charge in [-0.2, -0.15) is 0 Å². The summed E-state index contributed by atoms with van der Waals surface area (Å²) >= 11 is 0. The smallest absolute Gasteiger partial charge is 0.225 e. The van der Waals surface area contributed by atoms with Crippen LogP contribution < -0.4 is 4.90 Å². The van der Waals surface area contributed by atoms with Gasteiger partial charge in [0, 0.05) is 31.0 Å². The second-order valence-corrected chi connectivity index (χ2v) is 5.47. The van der Waals surface area contributed by atoms with Crippen molar-refractivity contribution in [2.24, 2.45) is 11.8 Å². The van der Waals surface area contributed by atoms with Gasteiger partial charge in [0.15, 0.2) is 0 Å². The van der Waals surface area contributed by atoms with Crippen LogP contribution in [0, 0.1) is 11.8 Å². The topological polar surface area (TPSA) is 49.2 Å². The van der Waals surface area contributed by atoms with Gasteiger partial charge in [-0.1, -0.05) is 13.8 Å². The highest BCUT2D eigenvalue weighted by atomic mass is 16.3. The van der Waals surface area contributed by atoms with Gasteiger partial charge in [0.25, 0.3) is 0 Å². The van der Waals surface area contributed by atoms with Crippen LogP contribution in [0.3, 0.4) is 0 Å². The number of aliphatic hydroxyl groups excluding tert-OH is 1. The number of nitrogens with zero attached hydrogens (tertiary/aromatic N) is 3. The van der Waals surface area contributed by atoms with Crippen LogP contribution in [0.5, 0.6) is 0 Å². The first kappa shape index (κ1) is 13.3. The second-order valence-electron chi connectivity index (χ2n) is 5.47. The average Bonchev–Trinajstić information content (AvgIpc) is 2.64. The van der Waals surface area contributed by atoms with Crippen molar-refractivity contribution in [1.29, 1.82) is 0 Å². The molecule has 1 aromatic heterocycles. The molecule has 0 aromatic carbocycles. The summed E-state index contributed by atoms with van der Waals surface area (Å²) < 4.78 is 0. The van der Waals surface area contributed by atoms with Crippen molar-refractivity contribution in [1.82, 2.24) is 9.97 Å². The molecule has 18 heavy (non-hydrogen) atoms. The van der Waals surface area contributed by atoms with Gasteiger partial charge in [0.1, 0.15) is 0 Å². The Balaban J connectivity index is 2.00. The fraction of sp³-hybridized carbons (Fsp3) is 0.714. The first-order chi connectivity index (χ1) is 8.70. The maximum atomic E-state index is 8.99. The van der Waals surface area contributed by atoms with Gasteiger partial charge in [0.05, 0.1) is 6.61 Å². The predicted octanol–water partition coefficient (Wildman–Crippen LogP) is 2.23. The fourth-order valence-corrected chi connectivity index (χ4v) is 2.58. The third kappa shape index (κ3) is 3.19. The Labute approximate surface area is 109 Å². The fourth-order valence-electron chi connectivity index (χ4n) is 2.58. The first-order valence-corrected chi connectivity index (χ1v) is 6.87. The zero-order chi connectivity index (χ0) is 13.0. The van der Waals surface area contributed by atoms with Gasteiger partial charge in [-0.05, 0) is 31.1 Å². The SMILES string of the molecule is CC(C)C1CCCN(c2ncc(CO)cn2)CC1. The van der Waals surface area contributed by atoms with Gasteiger partial charge in [-0.3, -0.25) is 0 Å². The van der Waals surface area contributed by atoms with Crippen LogP contribution in [0.4, 0.5) is 5.95 Å². The maximum Gasteiger partial charge on any atom is 0.225 e. The Kier molecular flexibility index (Phi) is 4.53. The molecule has 0 bridgehead atoms. The number of anilines is 1. The van der Waals surface area contributed by atoms with Gasteiger partial charge >= 0.3 is 0 Å². The average molecular weight is 249 g/mol. The van der Waals surface area contributed by atoms with E-state index in [0.717, 1.165) is 36.4 Å². The number of aliphatic hydroxyl groups is 1. The van der Waals surface area contributed by atoms with Crippen LogP contribution in [0.2, 0.25) is 0 Å². The molecule has 0 spiro atoms. The largest absolute Gasteiger partial charge is 0.392 e. The molecule has 1 unspecified atom stereocenters. The van der Waals surface area contributed by atoms with Crippen LogP contribution in [0.25, 0.3) is 0 Å². The van der Waals surface area contributed by atoms with E-state index < -0.39 is 0 Å². The zero-order valence-electron chi connectivity index (χ0n) is 11.3. The summed E-state index contributed by atoms with van der Waals surface area (Å²) in [6, 6.07) is 0. The normalized spacial score (nSPS) is 21.1.